The fourth-order valence-corrected chi connectivity index (χ4v) is 2.51. The van der Waals surface area contributed by atoms with Crippen LogP contribution < -0.4 is 5.32 Å². The zero-order valence-corrected chi connectivity index (χ0v) is 11.1. The van der Waals surface area contributed by atoms with Crippen LogP contribution in [-0.2, 0) is 4.74 Å². The third kappa shape index (κ3) is 3.94. The average molecular weight is 240 g/mol. The standard InChI is InChI=1S/C12H20N2OS/c1-5-15-8-6-7-13-9(2)12-10(3)16-11(4)14-12/h5,9,13H,1,6-8H2,2-4H3. The Bertz CT molecular complexity index is 336. The summed E-state index contributed by atoms with van der Waals surface area (Å²) in [6, 6.07) is 0.314. The van der Waals surface area contributed by atoms with Crippen molar-refractivity contribution in [1.82, 2.24) is 10.3 Å². The summed E-state index contributed by atoms with van der Waals surface area (Å²) >= 11 is 1.76. The number of hydrogen-bond donors (Lipinski definition) is 1. The molecule has 1 unspecified atom stereocenters. The molecule has 0 saturated heterocycles. The van der Waals surface area contributed by atoms with E-state index in [0.29, 0.717) is 6.04 Å². The van der Waals surface area contributed by atoms with Crippen LogP contribution in [0.2, 0.25) is 0 Å². The second-order valence-electron chi connectivity index (χ2n) is 3.74. The van der Waals surface area contributed by atoms with E-state index >= 15 is 0 Å². The summed E-state index contributed by atoms with van der Waals surface area (Å²) in [6.07, 6.45) is 2.47. The molecule has 1 N–H and O–H groups in total. The summed E-state index contributed by atoms with van der Waals surface area (Å²) in [5.74, 6) is 0. The quantitative estimate of drug-likeness (QED) is 0.588. The third-order valence-electron chi connectivity index (χ3n) is 2.36. The van der Waals surface area contributed by atoms with Crippen LogP contribution in [0.1, 0.15) is 35.0 Å². The molecule has 4 heteroatoms. The van der Waals surface area contributed by atoms with Gasteiger partial charge in [-0.2, -0.15) is 0 Å². The molecule has 1 aromatic rings. The van der Waals surface area contributed by atoms with Crippen LogP contribution in [0.5, 0.6) is 0 Å². The Balaban J connectivity index is 2.32. The zero-order chi connectivity index (χ0) is 12.0. The molecule has 1 rings (SSSR count). The fraction of sp³-hybridized carbons (Fsp3) is 0.583. The van der Waals surface area contributed by atoms with Crippen molar-refractivity contribution in [3.05, 3.63) is 28.4 Å². The number of ether oxygens (including phenoxy) is 1. The van der Waals surface area contributed by atoms with Crippen molar-refractivity contribution in [3.8, 4) is 0 Å². The second-order valence-corrected chi connectivity index (χ2v) is 5.15. The number of aromatic nitrogens is 1. The zero-order valence-electron chi connectivity index (χ0n) is 10.2. The molecule has 1 atom stereocenters. The van der Waals surface area contributed by atoms with E-state index in [9.17, 15) is 0 Å². The van der Waals surface area contributed by atoms with E-state index in [1.165, 1.54) is 16.8 Å². The smallest absolute Gasteiger partial charge is 0.0900 e. The van der Waals surface area contributed by atoms with Crippen LogP contribution >= 0.6 is 11.3 Å². The molecule has 0 fully saturated rings. The van der Waals surface area contributed by atoms with E-state index in [2.05, 4.69) is 30.7 Å². The molecule has 90 valence electrons. The minimum Gasteiger partial charge on any atom is -0.502 e. The number of nitrogens with zero attached hydrogens (tertiary/aromatic N) is 1. The molecule has 1 heterocycles. The van der Waals surface area contributed by atoms with Crippen LogP contribution in [0.25, 0.3) is 0 Å². The van der Waals surface area contributed by atoms with Gasteiger partial charge in [-0.05, 0) is 33.7 Å². The normalized spacial score (nSPS) is 12.4. The molecule has 0 aliphatic carbocycles. The van der Waals surface area contributed by atoms with Gasteiger partial charge in [0.2, 0.25) is 0 Å². The number of hydrogen-bond acceptors (Lipinski definition) is 4. The van der Waals surface area contributed by atoms with Gasteiger partial charge in [-0.25, -0.2) is 4.98 Å². The summed E-state index contributed by atoms with van der Waals surface area (Å²) in [5.41, 5.74) is 1.17. The summed E-state index contributed by atoms with van der Waals surface area (Å²) in [6.45, 7) is 11.5. The molecular weight excluding hydrogens is 220 g/mol. The molecule has 0 radical (unpaired) electrons. The lowest BCUT2D eigenvalue weighted by Crippen LogP contribution is -2.21. The van der Waals surface area contributed by atoms with Crippen LogP contribution in [0.15, 0.2) is 12.8 Å². The largest absolute Gasteiger partial charge is 0.502 e. The van der Waals surface area contributed by atoms with Crippen molar-refractivity contribution < 1.29 is 4.74 Å². The van der Waals surface area contributed by atoms with Gasteiger partial charge in [-0.3, -0.25) is 0 Å². The Morgan fingerprint density at radius 2 is 2.31 bits per heavy atom. The molecule has 0 amide bonds. The first-order valence-corrected chi connectivity index (χ1v) is 6.36. The Morgan fingerprint density at radius 3 is 2.88 bits per heavy atom. The topological polar surface area (TPSA) is 34.1 Å². The maximum Gasteiger partial charge on any atom is 0.0900 e. The van der Waals surface area contributed by atoms with E-state index < -0.39 is 0 Å². The predicted octanol–water partition coefficient (Wildman–Crippen LogP) is 2.96. The molecule has 0 aliphatic rings. The minimum absolute atomic E-state index is 0.314. The van der Waals surface area contributed by atoms with E-state index in [4.69, 9.17) is 4.74 Å². The highest BCUT2D eigenvalue weighted by Crippen LogP contribution is 2.22. The highest BCUT2D eigenvalue weighted by atomic mass is 32.1. The Hall–Kier alpha value is -0.870. The van der Waals surface area contributed by atoms with Gasteiger partial charge in [0.15, 0.2) is 0 Å². The highest BCUT2D eigenvalue weighted by molar-refractivity contribution is 7.11. The van der Waals surface area contributed by atoms with E-state index in [0.717, 1.165) is 24.6 Å². The highest BCUT2D eigenvalue weighted by Gasteiger charge is 2.11. The first kappa shape index (κ1) is 13.2. The molecular formula is C12H20N2OS. The second kappa shape index (κ2) is 6.66. The van der Waals surface area contributed by atoms with E-state index in [-0.39, 0.29) is 0 Å². The van der Waals surface area contributed by atoms with Crippen LogP contribution in [-0.4, -0.2) is 18.1 Å². The average Bonchev–Trinajstić information content (AvgIpc) is 2.57. The lowest BCUT2D eigenvalue weighted by molar-refractivity contribution is 0.243. The number of aryl methyl sites for hydroxylation is 2. The van der Waals surface area contributed by atoms with Crippen molar-refractivity contribution in [1.29, 1.82) is 0 Å². The first-order valence-electron chi connectivity index (χ1n) is 5.55. The molecule has 0 aromatic carbocycles. The summed E-state index contributed by atoms with van der Waals surface area (Å²) in [5, 5.41) is 4.58. The van der Waals surface area contributed by atoms with Gasteiger partial charge in [-0.15, -0.1) is 11.3 Å². The number of rotatable bonds is 7. The summed E-state index contributed by atoms with van der Waals surface area (Å²) in [7, 11) is 0. The van der Waals surface area contributed by atoms with Crippen molar-refractivity contribution in [2.45, 2.75) is 33.2 Å². The van der Waals surface area contributed by atoms with Crippen molar-refractivity contribution in [2.75, 3.05) is 13.2 Å². The molecule has 3 nitrogen and oxygen atoms in total. The van der Waals surface area contributed by atoms with Gasteiger partial charge >= 0.3 is 0 Å². The minimum atomic E-state index is 0.314. The molecule has 0 bridgehead atoms. The number of nitrogens with one attached hydrogen (secondary N) is 1. The predicted molar refractivity (Wildman–Crippen MR) is 68.8 cm³/mol. The van der Waals surface area contributed by atoms with Gasteiger partial charge in [0.25, 0.3) is 0 Å². The van der Waals surface area contributed by atoms with Crippen LogP contribution in [0, 0.1) is 13.8 Å². The van der Waals surface area contributed by atoms with Crippen molar-refractivity contribution >= 4 is 11.3 Å². The van der Waals surface area contributed by atoms with Crippen molar-refractivity contribution in [2.24, 2.45) is 0 Å². The molecule has 1 aromatic heterocycles. The van der Waals surface area contributed by atoms with Gasteiger partial charge in [-0.1, -0.05) is 6.58 Å². The maximum atomic E-state index is 5.06. The van der Waals surface area contributed by atoms with Gasteiger partial charge in [0.1, 0.15) is 0 Å². The van der Waals surface area contributed by atoms with Crippen LogP contribution in [0.4, 0.5) is 0 Å². The van der Waals surface area contributed by atoms with Crippen LogP contribution in [0.3, 0.4) is 0 Å². The molecule has 0 spiro atoms. The Kier molecular flexibility index (Phi) is 5.49. The Labute approximate surface area is 102 Å². The SMILES string of the molecule is C=COCCCNC(C)c1nc(C)sc1C. The van der Waals surface area contributed by atoms with E-state index in [1.54, 1.807) is 11.3 Å². The Morgan fingerprint density at radius 1 is 1.56 bits per heavy atom. The summed E-state index contributed by atoms with van der Waals surface area (Å²) in [4.78, 5) is 5.84. The fourth-order valence-electron chi connectivity index (χ4n) is 1.60. The molecule has 0 saturated carbocycles. The lowest BCUT2D eigenvalue weighted by atomic mass is 10.2. The van der Waals surface area contributed by atoms with Gasteiger partial charge < -0.3 is 10.1 Å². The summed E-state index contributed by atoms with van der Waals surface area (Å²) < 4.78 is 5.06. The van der Waals surface area contributed by atoms with Gasteiger partial charge in [0.05, 0.1) is 23.6 Å². The first-order chi connectivity index (χ1) is 7.65. The molecule has 0 aliphatic heterocycles. The van der Waals surface area contributed by atoms with Crippen molar-refractivity contribution in [3.63, 3.8) is 0 Å². The lowest BCUT2D eigenvalue weighted by Gasteiger charge is -2.12. The van der Waals surface area contributed by atoms with E-state index in [1.807, 2.05) is 6.92 Å². The third-order valence-corrected chi connectivity index (χ3v) is 3.26. The number of thiazole rings is 1. The monoisotopic (exact) mass is 240 g/mol. The van der Waals surface area contributed by atoms with Gasteiger partial charge in [0, 0.05) is 10.9 Å². The maximum absolute atomic E-state index is 5.06. The molecule has 16 heavy (non-hydrogen) atoms.